The summed E-state index contributed by atoms with van der Waals surface area (Å²) < 4.78 is 22.9. The van der Waals surface area contributed by atoms with E-state index in [-0.39, 0.29) is 0 Å². The van der Waals surface area contributed by atoms with Gasteiger partial charge in [0.05, 0.1) is 6.54 Å². The lowest BCUT2D eigenvalue weighted by atomic mass is 10.5. The second-order valence-corrected chi connectivity index (χ2v) is 6.77. The van der Waals surface area contributed by atoms with Gasteiger partial charge in [0.2, 0.25) is 0 Å². The first kappa shape index (κ1) is 13.7. The van der Waals surface area contributed by atoms with Crippen molar-refractivity contribution in [3.05, 3.63) is 29.7 Å². The third kappa shape index (κ3) is 4.58. The maximum absolute atomic E-state index is 11.3. The Morgan fingerprint density at radius 2 is 2.35 bits per heavy atom. The molecular weight excluding hydrogens is 258 g/mol. The molecule has 17 heavy (non-hydrogen) atoms. The molecule has 0 spiro atoms. The van der Waals surface area contributed by atoms with Crippen LogP contribution in [-0.2, 0) is 16.4 Å². The van der Waals surface area contributed by atoms with E-state index in [2.05, 4.69) is 16.9 Å². The van der Waals surface area contributed by atoms with Crippen molar-refractivity contribution in [3.8, 4) is 0 Å². The fraction of sp³-hybridized carbons (Fsp3) is 0.300. The van der Waals surface area contributed by atoms with Gasteiger partial charge < -0.3 is 11.1 Å². The average molecular weight is 273 g/mol. The molecule has 0 radical (unpaired) electrons. The van der Waals surface area contributed by atoms with E-state index in [0.29, 0.717) is 23.3 Å². The SMILES string of the molecule is C=CCNC(N)=NCc1ccc(S(C)(=O)=O)s1. The zero-order valence-electron chi connectivity index (χ0n) is 9.51. The molecule has 1 aromatic rings. The molecule has 0 aliphatic carbocycles. The van der Waals surface area contributed by atoms with Gasteiger partial charge in [-0.3, -0.25) is 0 Å². The fourth-order valence-electron chi connectivity index (χ4n) is 1.04. The number of thiophene rings is 1. The van der Waals surface area contributed by atoms with Crippen LogP contribution in [0.4, 0.5) is 0 Å². The summed E-state index contributed by atoms with van der Waals surface area (Å²) in [5.41, 5.74) is 5.58. The molecule has 1 aromatic heterocycles. The summed E-state index contributed by atoms with van der Waals surface area (Å²) in [5.74, 6) is 0.319. The van der Waals surface area contributed by atoms with Crippen LogP contribution in [0.5, 0.6) is 0 Å². The summed E-state index contributed by atoms with van der Waals surface area (Å²) in [6, 6.07) is 3.32. The van der Waals surface area contributed by atoms with Crippen LogP contribution in [0, 0.1) is 0 Å². The summed E-state index contributed by atoms with van der Waals surface area (Å²) in [6.07, 6.45) is 2.86. The lowest BCUT2D eigenvalue weighted by Crippen LogP contribution is -2.31. The van der Waals surface area contributed by atoms with Gasteiger partial charge in [-0.1, -0.05) is 6.08 Å². The molecule has 1 heterocycles. The first-order valence-electron chi connectivity index (χ1n) is 4.87. The second kappa shape index (κ2) is 5.83. The summed E-state index contributed by atoms with van der Waals surface area (Å²) >= 11 is 1.21. The monoisotopic (exact) mass is 273 g/mol. The van der Waals surface area contributed by atoms with E-state index >= 15 is 0 Å². The van der Waals surface area contributed by atoms with Crippen molar-refractivity contribution in [2.45, 2.75) is 10.8 Å². The highest BCUT2D eigenvalue weighted by Crippen LogP contribution is 2.21. The molecule has 0 atom stereocenters. The number of guanidine groups is 1. The van der Waals surface area contributed by atoms with Crippen molar-refractivity contribution >= 4 is 27.1 Å². The third-order valence-electron chi connectivity index (χ3n) is 1.84. The van der Waals surface area contributed by atoms with Crippen LogP contribution in [-0.4, -0.2) is 27.2 Å². The molecule has 0 saturated carbocycles. The van der Waals surface area contributed by atoms with Crippen LogP contribution in [0.3, 0.4) is 0 Å². The Bertz CT molecular complexity index is 517. The quantitative estimate of drug-likeness (QED) is 0.471. The normalized spacial score (nSPS) is 12.4. The van der Waals surface area contributed by atoms with Crippen molar-refractivity contribution in [1.29, 1.82) is 0 Å². The molecule has 0 aliphatic heterocycles. The highest BCUT2D eigenvalue weighted by Gasteiger charge is 2.09. The number of aliphatic imine (C=N–C) groups is 1. The van der Waals surface area contributed by atoms with Gasteiger partial charge in [0, 0.05) is 17.7 Å². The zero-order valence-corrected chi connectivity index (χ0v) is 11.1. The lowest BCUT2D eigenvalue weighted by molar-refractivity contribution is 0.604. The molecule has 0 saturated heterocycles. The van der Waals surface area contributed by atoms with Crippen molar-refractivity contribution in [2.75, 3.05) is 12.8 Å². The Morgan fingerprint density at radius 3 is 2.88 bits per heavy atom. The van der Waals surface area contributed by atoms with Crippen LogP contribution in [0.15, 0.2) is 34.0 Å². The number of rotatable bonds is 5. The molecule has 3 N–H and O–H groups in total. The number of nitrogens with one attached hydrogen (secondary N) is 1. The van der Waals surface area contributed by atoms with Gasteiger partial charge in [-0.2, -0.15) is 0 Å². The molecule has 0 aromatic carbocycles. The molecule has 1 rings (SSSR count). The van der Waals surface area contributed by atoms with E-state index in [4.69, 9.17) is 5.73 Å². The summed E-state index contributed by atoms with van der Waals surface area (Å²) in [5, 5.41) is 2.84. The molecule has 5 nitrogen and oxygen atoms in total. The average Bonchev–Trinajstić information content (AvgIpc) is 2.71. The Balaban J connectivity index is 2.64. The van der Waals surface area contributed by atoms with Gasteiger partial charge in [-0.05, 0) is 12.1 Å². The van der Waals surface area contributed by atoms with Crippen LogP contribution >= 0.6 is 11.3 Å². The Morgan fingerprint density at radius 1 is 1.65 bits per heavy atom. The molecule has 0 fully saturated rings. The Kier molecular flexibility index (Phi) is 4.71. The predicted molar refractivity (Wildman–Crippen MR) is 71.0 cm³/mol. The van der Waals surface area contributed by atoms with Gasteiger partial charge >= 0.3 is 0 Å². The lowest BCUT2D eigenvalue weighted by Gasteiger charge is -2.00. The van der Waals surface area contributed by atoms with E-state index in [1.807, 2.05) is 0 Å². The molecule has 0 unspecified atom stereocenters. The molecule has 0 bridgehead atoms. The van der Waals surface area contributed by atoms with Gasteiger partial charge in [0.15, 0.2) is 15.8 Å². The minimum atomic E-state index is -3.12. The van der Waals surface area contributed by atoms with E-state index in [9.17, 15) is 8.42 Å². The van der Waals surface area contributed by atoms with Crippen molar-refractivity contribution < 1.29 is 8.42 Å². The first-order chi connectivity index (χ1) is 7.93. The minimum Gasteiger partial charge on any atom is -0.370 e. The van der Waals surface area contributed by atoms with E-state index in [1.54, 1.807) is 18.2 Å². The van der Waals surface area contributed by atoms with E-state index in [0.717, 1.165) is 4.88 Å². The van der Waals surface area contributed by atoms with Gasteiger partial charge in [0.25, 0.3) is 0 Å². The highest BCUT2D eigenvalue weighted by molar-refractivity contribution is 7.92. The number of sulfone groups is 1. The minimum absolute atomic E-state index is 0.319. The van der Waals surface area contributed by atoms with Crippen molar-refractivity contribution in [2.24, 2.45) is 10.7 Å². The first-order valence-corrected chi connectivity index (χ1v) is 7.57. The van der Waals surface area contributed by atoms with E-state index < -0.39 is 9.84 Å². The summed E-state index contributed by atoms with van der Waals surface area (Å²) in [6.45, 7) is 4.46. The molecule has 0 amide bonds. The van der Waals surface area contributed by atoms with Gasteiger partial charge in [0.1, 0.15) is 4.21 Å². The fourth-order valence-corrected chi connectivity index (χ4v) is 2.94. The van der Waals surface area contributed by atoms with Crippen molar-refractivity contribution in [3.63, 3.8) is 0 Å². The largest absolute Gasteiger partial charge is 0.370 e. The van der Waals surface area contributed by atoms with Crippen LogP contribution < -0.4 is 11.1 Å². The topological polar surface area (TPSA) is 84.5 Å². The second-order valence-electron chi connectivity index (χ2n) is 3.36. The molecular formula is C10H15N3O2S2. The molecule has 7 heteroatoms. The van der Waals surface area contributed by atoms with Crippen LogP contribution in [0.1, 0.15) is 4.88 Å². The number of nitrogens with two attached hydrogens (primary N) is 1. The smallest absolute Gasteiger partial charge is 0.189 e. The number of nitrogens with zero attached hydrogens (tertiary/aromatic N) is 1. The summed E-state index contributed by atoms with van der Waals surface area (Å²) in [7, 11) is -3.12. The third-order valence-corrected chi connectivity index (χ3v) is 4.73. The maximum atomic E-state index is 11.3. The van der Waals surface area contributed by atoms with Crippen LogP contribution in [0.2, 0.25) is 0 Å². The standard InChI is InChI=1S/C10H15N3O2S2/c1-3-6-12-10(11)13-7-8-4-5-9(16-8)17(2,14)15/h3-5H,1,6-7H2,2H3,(H3,11,12,13). The van der Waals surface area contributed by atoms with Crippen molar-refractivity contribution in [1.82, 2.24) is 5.32 Å². The van der Waals surface area contributed by atoms with Gasteiger partial charge in [-0.25, -0.2) is 13.4 Å². The zero-order chi connectivity index (χ0) is 12.9. The van der Waals surface area contributed by atoms with E-state index in [1.165, 1.54) is 17.6 Å². The van der Waals surface area contributed by atoms with Gasteiger partial charge in [-0.15, -0.1) is 17.9 Å². The Labute approximate surface area is 105 Å². The highest BCUT2D eigenvalue weighted by atomic mass is 32.2. The number of hydrogen-bond acceptors (Lipinski definition) is 4. The summed E-state index contributed by atoms with van der Waals surface area (Å²) in [4.78, 5) is 4.93. The molecule has 94 valence electrons. The molecule has 0 aliphatic rings. The maximum Gasteiger partial charge on any atom is 0.189 e. The Hall–Kier alpha value is -1.34. The number of hydrogen-bond donors (Lipinski definition) is 2. The predicted octanol–water partition coefficient (Wildman–Crippen LogP) is 0.742. The van der Waals surface area contributed by atoms with Crippen LogP contribution in [0.25, 0.3) is 0 Å².